The number of nitrogens with one attached hydrogen (secondary N) is 2. The molecule has 0 unspecified atom stereocenters. The smallest absolute Gasteiger partial charge is 0.319 e. The van der Waals surface area contributed by atoms with Crippen molar-refractivity contribution in [2.45, 2.75) is 24.4 Å². The van der Waals surface area contributed by atoms with E-state index in [2.05, 4.69) is 10.6 Å². The third kappa shape index (κ3) is 4.20. The second kappa shape index (κ2) is 8.29. The van der Waals surface area contributed by atoms with Gasteiger partial charge in [0.25, 0.3) is 0 Å². The molecular formula is C19H22N2O5. The molecule has 1 aliphatic rings. The lowest BCUT2D eigenvalue weighted by Gasteiger charge is -2.37. The molecule has 0 spiro atoms. The highest BCUT2D eigenvalue weighted by Crippen LogP contribution is 2.21. The lowest BCUT2D eigenvalue weighted by molar-refractivity contribution is -0.159. The highest BCUT2D eigenvalue weighted by Gasteiger charge is 2.38. The van der Waals surface area contributed by atoms with Crippen molar-refractivity contribution in [3.8, 4) is 11.1 Å². The van der Waals surface area contributed by atoms with Gasteiger partial charge in [0.2, 0.25) is 0 Å². The van der Waals surface area contributed by atoms with E-state index < -0.39 is 37.0 Å². The number of carbonyl (C=O) groups is 1. The van der Waals surface area contributed by atoms with Gasteiger partial charge in [0, 0.05) is 5.69 Å². The van der Waals surface area contributed by atoms with Crippen LogP contribution in [0, 0.1) is 0 Å². The zero-order valence-corrected chi connectivity index (χ0v) is 14.1. The maximum absolute atomic E-state index is 12.1. The first-order chi connectivity index (χ1) is 12.6. The number of aliphatic hydroxyl groups excluding tert-OH is 3. The van der Waals surface area contributed by atoms with Crippen LogP contribution in [-0.2, 0) is 4.74 Å². The van der Waals surface area contributed by atoms with Crippen LogP contribution in [0.15, 0.2) is 54.6 Å². The highest BCUT2D eigenvalue weighted by molar-refractivity contribution is 5.89. The van der Waals surface area contributed by atoms with Crippen molar-refractivity contribution < 1.29 is 24.9 Å². The number of rotatable bonds is 4. The topological polar surface area (TPSA) is 111 Å². The average Bonchev–Trinajstić information content (AvgIpc) is 2.67. The molecule has 26 heavy (non-hydrogen) atoms. The summed E-state index contributed by atoms with van der Waals surface area (Å²) in [5, 5.41) is 34.2. The third-order valence-electron chi connectivity index (χ3n) is 4.38. The van der Waals surface area contributed by atoms with Crippen molar-refractivity contribution in [1.82, 2.24) is 5.32 Å². The second-order valence-corrected chi connectivity index (χ2v) is 6.18. The van der Waals surface area contributed by atoms with Gasteiger partial charge in [0.15, 0.2) is 0 Å². The van der Waals surface area contributed by atoms with Crippen LogP contribution in [0.5, 0.6) is 0 Å². The fourth-order valence-corrected chi connectivity index (χ4v) is 2.88. The van der Waals surface area contributed by atoms with Gasteiger partial charge in [-0.3, -0.25) is 0 Å². The summed E-state index contributed by atoms with van der Waals surface area (Å²) in [5.74, 6) is 0. The van der Waals surface area contributed by atoms with Crippen molar-refractivity contribution in [2.24, 2.45) is 0 Å². The molecule has 4 atom stereocenters. The Hall–Kier alpha value is -2.45. The molecule has 0 saturated carbocycles. The normalized spacial score (nSPS) is 25.5. The van der Waals surface area contributed by atoms with E-state index in [-0.39, 0.29) is 6.61 Å². The molecule has 7 heteroatoms. The Kier molecular flexibility index (Phi) is 5.85. The first-order valence-electron chi connectivity index (χ1n) is 8.40. The monoisotopic (exact) mass is 358 g/mol. The Morgan fingerprint density at radius 3 is 2.31 bits per heavy atom. The fraction of sp³-hybridized carbons (Fsp3) is 0.316. The molecule has 1 saturated heterocycles. The Balaban J connectivity index is 1.57. The van der Waals surface area contributed by atoms with E-state index in [9.17, 15) is 15.0 Å². The average molecular weight is 358 g/mol. The van der Waals surface area contributed by atoms with Crippen LogP contribution in [-0.4, -0.2) is 58.9 Å². The summed E-state index contributed by atoms with van der Waals surface area (Å²) in [5.41, 5.74) is 2.71. The van der Waals surface area contributed by atoms with Crippen molar-refractivity contribution in [2.75, 3.05) is 18.5 Å². The number of carbonyl (C=O) groups excluding carboxylic acids is 1. The van der Waals surface area contributed by atoms with Gasteiger partial charge in [-0.2, -0.15) is 0 Å². The second-order valence-electron chi connectivity index (χ2n) is 6.18. The van der Waals surface area contributed by atoms with E-state index >= 15 is 0 Å². The van der Waals surface area contributed by atoms with Crippen molar-refractivity contribution >= 4 is 11.7 Å². The zero-order valence-electron chi connectivity index (χ0n) is 14.1. The molecule has 5 N–H and O–H groups in total. The third-order valence-corrected chi connectivity index (χ3v) is 4.38. The Morgan fingerprint density at radius 1 is 1.00 bits per heavy atom. The number of hydrogen-bond acceptors (Lipinski definition) is 5. The Bertz CT molecular complexity index is 722. The molecule has 1 fully saturated rings. The van der Waals surface area contributed by atoms with E-state index in [4.69, 9.17) is 9.84 Å². The van der Waals surface area contributed by atoms with E-state index in [0.717, 1.165) is 11.1 Å². The summed E-state index contributed by atoms with van der Waals surface area (Å²) in [6, 6.07) is 16.0. The van der Waals surface area contributed by atoms with Crippen LogP contribution in [0.4, 0.5) is 10.5 Å². The number of benzene rings is 2. The molecule has 2 aromatic carbocycles. The summed E-state index contributed by atoms with van der Waals surface area (Å²) in [7, 11) is 0. The molecule has 0 aliphatic carbocycles. The molecule has 1 aliphatic heterocycles. The number of anilines is 1. The lowest BCUT2D eigenvalue weighted by atomic mass is 9.98. The standard InChI is InChI=1S/C19H22N2O5/c22-10-16-18(24)17(23)15(11-26-16)21-19(25)20-14-8-6-13(7-9-14)12-4-2-1-3-5-12/h1-9,15-18,22-24H,10-11H2,(H2,20,21,25)/t15-,16+,17+,18-/m0/s1. The molecule has 0 aromatic heterocycles. The van der Waals surface area contributed by atoms with E-state index in [1.807, 2.05) is 42.5 Å². The zero-order chi connectivity index (χ0) is 18.5. The molecule has 7 nitrogen and oxygen atoms in total. The van der Waals surface area contributed by atoms with Crippen LogP contribution in [0.1, 0.15) is 0 Å². The Labute approximate surface area is 151 Å². The maximum Gasteiger partial charge on any atom is 0.319 e. The number of ether oxygens (including phenoxy) is 1. The largest absolute Gasteiger partial charge is 0.394 e. The summed E-state index contributed by atoms with van der Waals surface area (Å²) in [4.78, 5) is 12.1. The SMILES string of the molecule is O=C(Nc1ccc(-c2ccccc2)cc1)N[C@H]1CO[C@H](CO)[C@H](O)[C@@H]1O. The van der Waals surface area contributed by atoms with Gasteiger partial charge in [-0.1, -0.05) is 42.5 Å². The van der Waals surface area contributed by atoms with Crippen LogP contribution in [0.25, 0.3) is 11.1 Å². The number of hydrogen-bond donors (Lipinski definition) is 5. The predicted octanol–water partition coefficient (Wildman–Crippen LogP) is 0.957. The molecular weight excluding hydrogens is 336 g/mol. The fourth-order valence-electron chi connectivity index (χ4n) is 2.88. The Morgan fingerprint density at radius 2 is 1.65 bits per heavy atom. The number of urea groups is 1. The van der Waals surface area contributed by atoms with Gasteiger partial charge in [-0.15, -0.1) is 0 Å². The number of amides is 2. The number of aliphatic hydroxyl groups is 3. The summed E-state index contributed by atoms with van der Waals surface area (Å²) < 4.78 is 5.24. The minimum Gasteiger partial charge on any atom is -0.394 e. The van der Waals surface area contributed by atoms with Gasteiger partial charge < -0.3 is 30.7 Å². The molecule has 3 rings (SSSR count). The predicted molar refractivity (Wildman–Crippen MR) is 96.7 cm³/mol. The lowest BCUT2D eigenvalue weighted by Crippen LogP contribution is -2.60. The minimum atomic E-state index is -1.26. The van der Waals surface area contributed by atoms with Gasteiger partial charge in [0.1, 0.15) is 18.3 Å². The van der Waals surface area contributed by atoms with Crippen molar-refractivity contribution in [3.63, 3.8) is 0 Å². The minimum absolute atomic E-state index is 0.00379. The summed E-state index contributed by atoms with van der Waals surface area (Å²) >= 11 is 0. The maximum atomic E-state index is 12.1. The van der Waals surface area contributed by atoms with Crippen molar-refractivity contribution in [1.29, 1.82) is 0 Å². The van der Waals surface area contributed by atoms with E-state index in [1.165, 1.54) is 0 Å². The molecule has 0 radical (unpaired) electrons. The molecule has 138 valence electrons. The first kappa shape index (κ1) is 18.3. The molecule has 0 bridgehead atoms. The van der Waals surface area contributed by atoms with Crippen LogP contribution < -0.4 is 10.6 Å². The van der Waals surface area contributed by atoms with Gasteiger partial charge >= 0.3 is 6.03 Å². The molecule has 2 aromatic rings. The van der Waals surface area contributed by atoms with Crippen LogP contribution >= 0.6 is 0 Å². The van der Waals surface area contributed by atoms with Crippen LogP contribution in [0.2, 0.25) is 0 Å². The molecule has 2 amide bonds. The summed E-state index contributed by atoms with van der Waals surface area (Å²) in [6.07, 6.45) is -3.33. The van der Waals surface area contributed by atoms with E-state index in [1.54, 1.807) is 12.1 Å². The quantitative estimate of drug-likeness (QED) is 0.559. The van der Waals surface area contributed by atoms with Crippen molar-refractivity contribution in [3.05, 3.63) is 54.6 Å². The first-order valence-corrected chi connectivity index (χ1v) is 8.40. The van der Waals surface area contributed by atoms with Crippen LogP contribution in [0.3, 0.4) is 0 Å². The van der Waals surface area contributed by atoms with E-state index in [0.29, 0.717) is 5.69 Å². The summed E-state index contributed by atoms with van der Waals surface area (Å²) in [6.45, 7) is -0.394. The molecule has 1 heterocycles. The van der Waals surface area contributed by atoms with Gasteiger partial charge in [0.05, 0.1) is 19.3 Å². The van der Waals surface area contributed by atoms with Gasteiger partial charge in [-0.05, 0) is 23.3 Å². The van der Waals surface area contributed by atoms with Gasteiger partial charge in [-0.25, -0.2) is 4.79 Å². The highest BCUT2D eigenvalue weighted by atomic mass is 16.5.